The normalized spacial score (nSPS) is 20.3. The molecule has 1 aliphatic heterocycles. The van der Waals surface area contributed by atoms with Gasteiger partial charge in [-0.1, -0.05) is 29.8 Å². The summed E-state index contributed by atoms with van der Waals surface area (Å²) in [5, 5.41) is 0. The van der Waals surface area contributed by atoms with Gasteiger partial charge in [0.1, 0.15) is 0 Å². The Kier molecular flexibility index (Phi) is 5.43. The van der Waals surface area contributed by atoms with Crippen LogP contribution in [0.5, 0.6) is 0 Å². The Bertz CT molecular complexity index is 953. The van der Waals surface area contributed by atoms with Gasteiger partial charge in [0.2, 0.25) is 10.0 Å². The number of esters is 1. The lowest BCUT2D eigenvalue weighted by Gasteiger charge is -2.29. The smallest absolute Gasteiger partial charge is 0.335 e. The summed E-state index contributed by atoms with van der Waals surface area (Å²) in [7, 11) is -3.84. The van der Waals surface area contributed by atoms with Gasteiger partial charge in [0.25, 0.3) is 0 Å². The highest BCUT2D eigenvalue weighted by Gasteiger charge is 2.44. The van der Waals surface area contributed by atoms with E-state index in [0.29, 0.717) is 11.1 Å². The van der Waals surface area contributed by atoms with Crippen molar-refractivity contribution < 1.29 is 17.9 Å². The Hall–Kier alpha value is -2.51. The van der Waals surface area contributed by atoms with Crippen molar-refractivity contribution in [3.05, 3.63) is 71.6 Å². The molecule has 7 heteroatoms. The number of carbonyl (C=O) groups excluding carboxylic acids is 1. The second-order valence-electron chi connectivity index (χ2n) is 6.42. The van der Waals surface area contributed by atoms with Crippen molar-refractivity contribution in [2.45, 2.75) is 37.8 Å². The van der Waals surface area contributed by atoms with E-state index >= 15 is 0 Å². The molecule has 0 unspecified atom stereocenters. The maximum atomic E-state index is 13.4. The van der Waals surface area contributed by atoms with Gasteiger partial charge in [0.15, 0.2) is 0 Å². The number of hydrogen-bond acceptors (Lipinski definition) is 5. The number of rotatable bonds is 5. The minimum Gasteiger partial charge on any atom is -0.463 e. The molecule has 3 rings (SSSR count). The maximum absolute atomic E-state index is 13.4. The fourth-order valence-electron chi connectivity index (χ4n) is 3.24. The van der Waals surface area contributed by atoms with Crippen LogP contribution < -0.4 is 0 Å². The van der Waals surface area contributed by atoms with E-state index in [1.54, 1.807) is 68.7 Å². The van der Waals surface area contributed by atoms with Crippen molar-refractivity contribution >= 4 is 16.0 Å². The molecule has 0 spiro atoms. The number of aryl methyl sites for hydroxylation is 1. The number of nitrogens with zero attached hydrogens (tertiary/aromatic N) is 2. The van der Waals surface area contributed by atoms with E-state index in [2.05, 4.69) is 4.98 Å². The summed E-state index contributed by atoms with van der Waals surface area (Å²) < 4.78 is 33.3. The lowest BCUT2D eigenvalue weighted by atomic mass is 10.0. The lowest BCUT2D eigenvalue weighted by Crippen LogP contribution is -2.37. The first-order chi connectivity index (χ1) is 12.9. The van der Waals surface area contributed by atoms with E-state index < -0.39 is 28.1 Å². The Balaban J connectivity index is 2.10. The van der Waals surface area contributed by atoms with Crippen LogP contribution in [0.4, 0.5) is 0 Å². The molecule has 2 aromatic rings. The second-order valence-corrected chi connectivity index (χ2v) is 8.26. The SMILES string of the molecule is CCOC(=O)C1=C[C@@H](C)N(S(=O)(=O)c2ccc(C)cc2)[C@H]1c1cccnc1. The molecule has 142 valence electrons. The molecule has 1 aliphatic rings. The molecule has 0 radical (unpaired) electrons. The maximum Gasteiger partial charge on any atom is 0.335 e. The number of aromatic nitrogens is 1. The van der Waals surface area contributed by atoms with E-state index in [-0.39, 0.29) is 11.5 Å². The third kappa shape index (κ3) is 3.65. The van der Waals surface area contributed by atoms with Crippen LogP contribution in [0.15, 0.2) is 65.3 Å². The number of pyridine rings is 1. The largest absolute Gasteiger partial charge is 0.463 e. The minimum absolute atomic E-state index is 0.187. The van der Waals surface area contributed by atoms with E-state index in [4.69, 9.17) is 4.74 Å². The zero-order valence-electron chi connectivity index (χ0n) is 15.5. The van der Waals surface area contributed by atoms with Gasteiger partial charge in [-0.25, -0.2) is 13.2 Å². The first-order valence-corrected chi connectivity index (χ1v) is 10.2. The first-order valence-electron chi connectivity index (χ1n) is 8.75. The average Bonchev–Trinajstić information content (AvgIpc) is 3.01. The van der Waals surface area contributed by atoms with E-state index in [1.165, 1.54) is 4.31 Å². The zero-order chi connectivity index (χ0) is 19.6. The number of ether oxygens (including phenoxy) is 1. The quantitative estimate of drug-likeness (QED) is 0.739. The van der Waals surface area contributed by atoms with Gasteiger partial charge in [-0.2, -0.15) is 4.31 Å². The predicted octanol–water partition coefficient (Wildman–Crippen LogP) is 3.01. The van der Waals surface area contributed by atoms with Crippen LogP contribution in [-0.2, 0) is 19.6 Å². The van der Waals surface area contributed by atoms with Crippen molar-refractivity contribution in [1.82, 2.24) is 9.29 Å². The molecular weight excluding hydrogens is 364 g/mol. The summed E-state index contributed by atoms with van der Waals surface area (Å²) in [5.74, 6) is -0.514. The van der Waals surface area contributed by atoms with Crippen molar-refractivity contribution in [3.63, 3.8) is 0 Å². The molecule has 2 heterocycles. The molecule has 0 N–H and O–H groups in total. The second kappa shape index (κ2) is 7.62. The molecule has 0 amide bonds. The summed E-state index contributed by atoms with van der Waals surface area (Å²) in [6.45, 7) is 5.58. The Morgan fingerprint density at radius 2 is 1.93 bits per heavy atom. The first kappa shape index (κ1) is 19.3. The molecule has 6 nitrogen and oxygen atoms in total. The van der Waals surface area contributed by atoms with Gasteiger partial charge in [0, 0.05) is 18.4 Å². The van der Waals surface area contributed by atoms with Crippen LogP contribution in [0.2, 0.25) is 0 Å². The van der Waals surface area contributed by atoms with E-state index in [0.717, 1.165) is 5.56 Å². The van der Waals surface area contributed by atoms with Gasteiger partial charge >= 0.3 is 5.97 Å². The predicted molar refractivity (Wildman–Crippen MR) is 101 cm³/mol. The third-order valence-corrected chi connectivity index (χ3v) is 6.45. The molecule has 1 aromatic heterocycles. The highest BCUT2D eigenvalue weighted by atomic mass is 32.2. The van der Waals surface area contributed by atoms with Crippen LogP contribution in [0.3, 0.4) is 0 Å². The van der Waals surface area contributed by atoms with E-state index in [1.807, 2.05) is 6.92 Å². The summed E-state index contributed by atoms with van der Waals surface area (Å²) in [6, 6.07) is 8.89. The standard InChI is InChI=1S/C20H22N2O4S/c1-4-26-20(23)18-12-15(3)22(19(18)16-6-5-11-21-13-16)27(24,25)17-9-7-14(2)8-10-17/h5-13,15,19H,4H2,1-3H3/t15-,19+/m1/s1. The van der Waals surface area contributed by atoms with Gasteiger partial charge in [0.05, 0.1) is 23.1 Å². The van der Waals surface area contributed by atoms with Crippen molar-refractivity contribution in [2.24, 2.45) is 0 Å². The highest BCUT2D eigenvalue weighted by Crippen LogP contribution is 2.41. The van der Waals surface area contributed by atoms with Crippen molar-refractivity contribution in [1.29, 1.82) is 0 Å². The van der Waals surface area contributed by atoms with E-state index in [9.17, 15) is 13.2 Å². The monoisotopic (exact) mass is 386 g/mol. The summed E-state index contributed by atoms with van der Waals surface area (Å²) in [5.41, 5.74) is 1.91. The Labute approximate surface area is 159 Å². The summed E-state index contributed by atoms with van der Waals surface area (Å²) in [4.78, 5) is 16.8. The fourth-order valence-corrected chi connectivity index (χ4v) is 4.98. The van der Waals surface area contributed by atoms with Crippen LogP contribution in [0, 0.1) is 6.92 Å². The molecule has 2 atom stereocenters. The molecular formula is C20H22N2O4S. The van der Waals surface area contributed by atoms with Gasteiger partial charge in [-0.3, -0.25) is 4.98 Å². The molecule has 27 heavy (non-hydrogen) atoms. The van der Waals surface area contributed by atoms with Gasteiger partial charge < -0.3 is 4.74 Å². The number of sulfonamides is 1. The fraction of sp³-hybridized carbons (Fsp3) is 0.300. The van der Waals surface area contributed by atoms with Crippen LogP contribution >= 0.6 is 0 Å². The number of benzene rings is 1. The molecule has 0 bridgehead atoms. The average molecular weight is 386 g/mol. The minimum atomic E-state index is -3.84. The van der Waals surface area contributed by atoms with Gasteiger partial charge in [-0.15, -0.1) is 0 Å². The highest BCUT2D eigenvalue weighted by molar-refractivity contribution is 7.89. The number of hydrogen-bond donors (Lipinski definition) is 0. The molecule has 0 aliphatic carbocycles. The van der Waals surface area contributed by atoms with Gasteiger partial charge in [-0.05, 0) is 44.5 Å². The van der Waals surface area contributed by atoms with Crippen LogP contribution in [-0.4, -0.2) is 36.3 Å². The Morgan fingerprint density at radius 3 is 2.52 bits per heavy atom. The third-order valence-electron chi connectivity index (χ3n) is 4.48. The number of carbonyl (C=O) groups is 1. The van der Waals surface area contributed by atoms with Crippen LogP contribution in [0.1, 0.15) is 31.0 Å². The molecule has 0 fully saturated rings. The summed E-state index contributed by atoms with van der Waals surface area (Å²) >= 11 is 0. The summed E-state index contributed by atoms with van der Waals surface area (Å²) in [6.07, 6.45) is 4.84. The van der Waals surface area contributed by atoms with Crippen molar-refractivity contribution in [3.8, 4) is 0 Å². The topological polar surface area (TPSA) is 76.6 Å². The zero-order valence-corrected chi connectivity index (χ0v) is 16.3. The molecule has 0 saturated heterocycles. The Morgan fingerprint density at radius 1 is 1.22 bits per heavy atom. The lowest BCUT2D eigenvalue weighted by molar-refractivity contribution is -0.138. The van der Waals surface area contributed by atoms with Crippen LogP contribution in [0.25, 0.3) is 0 Å². The van der Waals surface area contributed by atoms with Crippen molar-refractivity contribution in [2.75, 3.05) is 6.61 Å². The molecule has 1 aromatic carbocycles. The molecule has 0 saturated carbocycles.